The first-order valence-electron chi connectivity index (χ1n) is 5.02. The molecule has 0 fully saturated rings. The van der Waals surface area contributed by atoms with Crippen LogP contribution in [0.15, 0.2) is 12.1 Å². The van der Waals surface area contributed by atoms with Crippen LogP contribution in [0.5, 0.6) is 0 Å². The molecule has 0 amide bonds. The summed E-state index contributed by atoms with van der Waals surface area (Å²) in [5, 5.41) is 20.3. The predicted octanol–water partition coefficient (Wildman–Crippen LogP) is 1.89. The molecule has 17 heavy (non-hydrogen) atoms. The number of aromatic nitrogens is 4. The lowest BCUT2D eigenvalue weighted by atomic mass is 10.0. The highest BCUT2D eigenvalue weighted by atomic mass is 35.5. The van der Waals surface area contributed by atoms with Crippen LogP contribution in [0.1, 0.15) is 22.5 Å². The van der Waals surface area contributed by atoms with Gasteiger partial charge in [0.2, 0.25) is 0 Å². The van der Waals surface area contributed by atoms with E-state index in [1.165, 1.54) is 0 Å². The summed E-state index contributed by atoms with van der Waals surface area (Å²) in [6, 6.07) is 5.86. The predicted molar refractivity (Wildman–Crippen MR) is 62.9 cm³/mol. The topological polar surface area (TPSA) is 67.4 Å². The first kappa shape index (κ1) is 11.6. The van der Waals surface area contributed by atoms with Crippen LogP contribution in [0.2, 0.25) is 0 Å². The Hall–Kier alpha value is -1.93. The Balaban J connectivity index is 2.61. The Kier molecular flexibility index (Phi) is 3.07. The van der Waals surface area contributed by atoms with Gasteiger partial charge in [-0.15, -0.1) is 16.7 Å². The van der Waals surface area contributed by atoms with E-state index in [-0.39, 0.29) is 5.88 Å². The SMILES string of the molecule is Cc1cc(-n2nnnc2CCl)c(C)cc1C#N. The van der Waals surface area contributed by atoms with Crippen molar-refractivity contribution in [1.29, 1.82) is 5.26 Å². The number of benzene rings is 1. The highest BCUT2D eigenvalue weighted by Crippen LogP contribution is 2.19. The molecule has 0 aliphatic carbocycles. The molecule has 1 heterocycles. The third-order valence-corrected chi connectivity index (χ3v) is 2.78. The summed E-state index contributed by atoms with van der Waals surface area (Å²) in [7, 11) is 0. The van der Waals surface area contributed by atoms with Crippen LogP contribution in [0.4, 0.5) is 0 Å². The van der Waals surface area contributed by atoms with E-state index in [4.69, 9.17) is 16.9 Å². The van der Waals surface area contributed by atoms with Gasteiger partial charge < -0.3 is 0 Å². The van der Waals surface area contributed by atoms with Gasteiger partial charge in [-0.05, 0) is 47.5 Å². The van der Waals surface area contributed by atoms with Gasteiger partial charge in [0.15, 0.2) is 5.82 Å². The average Bonchev–Trinajstić information content (AvgIpc) is 2.79. The monoisotopic (exact) mass is 247 g/mol. The standard InChI is InChI=1S/C11H10ClN5/c1-7-4-10(8(2)3-9(7)6-13)17-11(5-12)14-15-16-17/h3-4H,5H2,1-2H3. The fourth-order valence-electron chi connectivity index (χ4n) is 1.63. The molecule has 0 N–H and O–H groups in total. The van der Waals surface area contributed by atoms with Gasteiger partial charge in [0.25, 0.3) is 0 Å². The summed E-state index contributed by atoms with van der Waals surface area (Å²) < 4.78 is 1.59. The van der Waals surface area contributed by atoms with E-state index in [0.29, 0.717) is 11.4 Å². The summed E-state index contributed by atoms with van der Waals surface area (Å²) in [5.41, 5.74) is 3.34. The minimum atomic E-state index is 0.242. The van der Waals surface area contributed by atoms with Gasteiger partial charge in [0.05, 0.1) is 23.2 Å². The highest BCUT2D eigenvalue weighted by Gasteiger charge is 2.11. The molecule has 0 aliphatic rings. The van der Waals surface area contributed by atoms with Crippen molar-refractivity contribution in [3.63, 3.8) is 0 Å². The smallest absolute Gasteiger partial charge is 0.171 e. The van der Waals surface area contributed by atoms with Gasteiger partial charge in [-0.1, -0.05) is 0 Å². The molecule has 0 bridgehead atoms. The minimum Gasteiger partial charge on any atom is -0.196 e. The molecule has 5 nitrogen and oxygen atoms in total. The van der Waals surface area contributed by atoms with Gasteiger partial charge in [0, 0.05) is 0 Å². The van der Waals surface area contributed by atoms with E-state index in [1.54, 1.807) is 4.68 Å². The fraction of sp³-hybridized carbons (Fsp3) is 0.273. The Morgan fingerprint density at radius 1 is 1.35 bits per heavy atom. The largest absolute Gasteiger partial charge is 0.196 e. The van der Waals surface area contributed by atoms with Crippen molar-refractivity contribution < 1.29 is 0 Å². The lowest BCUT2D eigenvalue weighted by Gasteiger charge is -2.08. The molecule has 2 rings (SSSR count). The zero-order valence-electron chi connectivity index (χ0n) is 9.48. The minimum absolute atomic E-state index is 0.242. The second-order valence-electron chi connectivity index (χ2n) is 3.71. The molecule has 0 unspecified atom stereocenters. The van der Waals surface area contributed by atoms with Crippen LogP contribution >= 0.6 is 11.6 Å². The van der Waals surface area contributed by atoms with Crippen molar-refractivity contribution >= 4 is 11.6 Å². The molecule has 0 saturated carbocycles. The number of hydrogen-bond donors (Lipinski definition) is 0. The van der Waals surface area contributed by atoms with Gasteiger partial charge >= 0.3 is 0 Å². The average molecular weight is 248 g/mol. The Bertz CT molecular complexity index is 596. The fourth-order valence-corrected chi connectivity index (χ4v) is 1.79. The second-order valence-corrected chi connectivity index (χ2v) is 3.97. The number of hydrogen-bond acceptors (Lipinski definition) is 4. The summed E-state index contributed by atoms with van der Waals surface area (Å²) in [6.45, 7) is 3.79. The van der Waals surface area contributed by atoms with E-state index in [9.17, 15) is 0 Å². The summed E-state index contributed by atoms with van der Waals surface area (Å²) in [6.07, 6.45) is 0. The molecular formula is C11H10ClN5. The molecule has 1 aromatic heterocycles. The van der Waals surface area contributed by atoms with Crippen LogP contribution in [0.25, 0.3) is 5.69 Å². The number of alkyl halides is 1. The molecule has 0 saturated heterocycles. The van der Waals surface area contributed by atoms with E-state index in [1.807, 2.05) is 26.0 Å². The van der Waals surface area contributed by atoms with Crippen molar-refractivity contribution in [2.75, 3.05) is 0 Å². The maximum Gasteiger partial charge on any atom is 0.171 e. The van der Waals surface area contributed by atoms with E-state index in [0.717, 1.165) is 16.8 Å². The molecule has 2 aromatic rings. The van der Waals surface area contributed by atoms with Gasteiger partial charge in [-0.25, -0.2) is 0 Å². The summed E-state index contributed by atoms with van der Waals surface area (Å²) in [4.78, 5) is 0. The third-order valence-electron chi connectivity index (χ3n) is 2.55. The zero-order valence-corrected chi connectivity index (χ0v) is 10.2. The van der Waals surface area contributed by atoms with Crippen molar-refractivity contribution in [3.8, 4) is 11.8 Å². The summed E-state index contributed by atoms with van der Waals surface area (Å²) >= 11 is 5.76. The van der Waals surface area contributed by atoms with Crippen LogP contribution in [-0.4, -0.2) is 20.2 Å². The Morgan fingerprint density at radius 3 is 2.76 bits per heavy atom. The van der Waals surface area contributed by atoms with Crippen LogP contribution < -0.4 is 0 Å². The lowest BCUT2D eigenvalue weighted by Crippen LogP contribution is -2.05. The quantitative estimate of drug-likeness (QED) is 0.760. The van der Waals surface area contributed by atoms with Crippen LogP contribution in [0, 0.1) is 25.2 Å². The van der Waals surface area contributed by atoms with Crippen molar-refractivity contribution in [3.05, 3.63) is 34.6 Å². The van der Waals surface area contributed by atoms with Gasteiger partial charge in [0.1, 0.15) is 0 Å². The van der Waals surface area contributed by atoms with Crippen LogP contribution in [-0.2, 0) is 5.88 Å². The van der Waals surface area contributed by atoms with E-state index >= 15 is 0 Å². The lowest BCUT2D eigenvalue weighted by molar-refractivity contribution is 0.772. The molecule has 6 heteroatoms. The van der Waals surface area contributed by atoms with E-state index < -0.39 is 0 Å². The van der Waals surface area contributed by atoms with Crippen molar-refractivity contribution in [2.24, 2.45) is 0 Å². The molecular weight excluding hydrogens is 238 g/mol. The van der Waals surface area contributed by atoms with E-state index in [2.05, 4.69) is 21.6 Å². The Labute approximate surface area is 104 Å². The zero-order chi connectivity index (χ0) is 12.4. The molecule has 1 aromatic carbocycles. The number of nitriles is 1. The molecule has 0 radical (unpaired) electrons. The maximum atomic E-state index is 8.95. The van der Waals surface area contributed by atoms with Gasteiger partial charge in [-0.3, -0.25) is 0 Å². The van der Waals surface area contributed by atoms with Crippen molar-refractivity contribution in [1.82, 2.24) is 20.2 Å². The molecule has 0 atom stereocenters. The van der Waals surface area contributed by atoms with Crippen molar-refractivity contribution in [2.45, 2.75) is 19.7 Å². The molecule has 0 aliphatic heterocycles. The third kappa shape index (κ3) is 1.99. The normalized spacial score (nSPS) is 10.2. The number of nitrogens with zero attached hydrogens (tertiary/aromatic N) is 5. The number of tetrazole rings is 1. The number of rotatable bonds is 2. The molecule has 0 spiro atoms. The molecule has 86 valence electrons. The first-order chi connectivity index (χ1) is 8.17. The van der Waals surface area contributed by atoms with Crippen LogP contribution in [0.3, 0.4) is 0 Å². The summed E-state index contributed by atoms with van der Waals surface area (Å²) in [5.74, 6) is 0.824. The second kappa shape index (κ2) is 4.52. The Morgan fingerprint density at radius 2 is 2.12 bits per heavy atom. The van der Waals surface area contributed by atoms with Gasteiger partial charge in [-0.2, -0.15) is 9.94 Å². The maximum absolute atomic E-state index is 8.95. The number of aryl methyl sites for hydroxylation is 2. The first-order valence-corrected chi connectivity index (χ1v) is 5.55. The highest BCUT2D eigenvalue weighted by molar-refractivity contribution is 6.16. The number of halogens is 1.